The molecular formula is C22H18ClF3N6O2. The summed E-state index contributed by atoms with van der Waals surface area (Å²) in [5, 5.41) is 5.29. The van der Waals surface area contributed by atoms with E-state index in [1.807, 2.05) is 0 Å². The number of aromatic nitrogens is 4. The highest BCUT2D eigenvalue weighted by atomic mass is 35.5. The number of carbonyl (C=O) groups is 1. The van der Waals surface area contributed by atoms with E-state index in [-0.39, 0.29) is 35.4 Å². The molecule has 1 aliphatic rings. The number of nitrogen functional groups attached to an aromatic ring is 1. The lowest BCUT2D eigenvalue weighted by Gasteiger charge is -2.33. The number of ether oxygens (including phenoxy) is 1. The third kappa shape index (κ3) is 3.51. The van der Waals surface area contributed by atoms with Gasteiger partial charge in [0.1, 0.15) is 11.0 Å². The quantitative estimate of drug-likeness (QED) is 0.424. The van der Waals surface area contributed by atoms with Gasteiger partial charge in [-0.1, -0.05) is 17.7 Å². The van der Waals surface area contributed by atoms with Gasteiger partial charge in [-0.25, -0.2) is 9.97 Å². The first-order chi connectivity index (χ1) is 16.1. The van der Waals surface area contributed by atoms with Crippen LogP contribution in [0.5, 0.6) is 0 Å². The van der Waals surface area contributed by atoms with Crippen LogP contribution in [0.4, 0.5) is 19.0 Å². The topological polar surface area (TPSA) is 99.2 Å². The van der Waals surface area contributed by atoms with E-state index in [4.69, 9.17) is 22.1 Å². The van der Waals surface area contributed by atoms with E-state index in [2.05, 4.69) is 15.1 Å². The lowest BCUT2D eigenvalue weighted by atomic mass is 9.95. The molecule has 0 fully saturated rings. The van der Waals surface area contributed by atoms with Crippen molar-refractivity contribution in [3.8, 4) is 0 Å². The van der Waals surface area contributed by atoms with E-state index in [0.29, 0.717) is 27.4 Å². The molecule has 1 aliphatic heterocycles. The van der Waals surface area contributed by atoms with Crippen LogP contribution in [0.2, 0.25) is 5.15 Å². The monoisotopic (exact) mass is 490 g/mol. The number of nitrogens with zero attached hydrogens (tertiary/aromatic N) is 5. The summed E-state index contributed by atoms with van der Waals surface area (Å²) in [6.45, 7) is 0.158. The highest BCUT2D eigenvalue weighted by Crippen LogP contribution is 2.36. The van der Waals surface area contributed by atoms with Gasteiger partial charge in [-0.05, 0) is 29.3 Å². The molecule has 0 saturated carbocycles. The Bertz CT molecular complexity index is 1470. The first kappa shape index (κ1) is 22.4. The van der Waals surface area contributed by atoms with Gasteiger partial charge >= 0.3 is 6.18 Å². The van der Waals surface area contributed by atoms with Crippen molar-refractivity contribution in [1.82, 2.24) is 24.6 Å². The smallest absolute Gasteiger partial charge is 0.383 e. The minimum atomic E-state index is -4.47. The maximum absolute atomic E-state index is 13.5. The lowest BCUT2D eigenvalue weighted by molar-refractivity contribution is -0.137. The largest absolute Gasteiger partial charge is 0.416 e. The molecule has 2 N–H and O–H groups in total. The Morgan fingerprint density at radius 1 is 1.26 bits per heavy atom. The second-order valence-corrected chi connectivity index (χ2v) is 8.44. The van der Waals surface area contributed by atoms with E-state index >= 15 is 0 Å². The van der Waals surface area contributed by atoms with Crippen molar-refractivity contribution in [1.29, 1.82) is 0 Å². The van der Waals surface area contributed by atoms with Gasteiger partial charge < -0.3 is 15.4 Å². The third-order valence-corrected chi connectivity index (χ3v) is 6.32. The molecule has 1 atom stereocenters. The molecule has 0 aliphatic carbocycles. The molecule has 1 amide bonds. The normalized spacial score (nSPS) is 16.1. The number of amides is 1. The number of rotatable bonds is 2. The molecule has 0 spiro atoms. The molecule has 0 bridgehead atoms. The summed E-state index contributed by atoms with van der Waals surface area (Å²) in [6.07, 6.45) is -2.90. The lowest BCUT2D eigenvalue weighted by Crippen LogP contribution is -2.36. The molecule has 5 rings (SSSR count). The Morgan fingerprint density at radius 3 is 2.76 bits per heavy atom. The highest BCUT2D eigenvalue weighted by Gasteiger charge is 2.34. The molecule has 0 unspecified atom stereocenters. The first-order valence-corrected chi connectivity index (χ1v) is 10.6. The minimum Gasteiger partial charge on any atom is -0.383 e. The minimum absolute atomic E-state index is 0.0294. The van der Waals surface area contributed by atoms with Crippen LogP contribution in [0, 0.1) is 0 Å². The number of anilines is 1. The molecule has 3 aromatic heterocycles. The summed E-state index contributed by atoms with van der Waals surface area (Å²) >= 11 is 6.35. The van der Waals surface area contributed by atoms with Crippen LogP contribution in [0.1, 0.15) is 33.1 Å². The van der Waals surface area contributed by atoms with Crippen LogP contribution < -0.4 is 5.73 Å². The average molecular weight is 491 g/mol. The molecule has 12 heteroatoms. The fourth-order valence-electron chi connectivity index (χ4n) is 4.26. The summed E-state index contributed by atoms with van der Waals surface area (Å²) in [5.41, 5.74) is 7.24. The van der Waals surface area contributed by atoms with Gasteiger partial charge in [-0.3, -0.25) is 9.48 Å². The van der Waals surface area contributed by atoms with Gasteiger partial charge in [-0.2, -0.15) is 18.3 Å². The molecule has 4 aromatic rings. The predicted molar refractivity (Wildman–Crippen MR) is 119 cm³/mol. The second kappa shape index (κ2) is 7.81. The van der Waals surface area contributed by atoms with Crippen molar-refractivity contribution in [2.24, 2.45) is 7.05 Å². The van der Waals surface area contributed by atoms with Gasteiger partial charge in [0.2, 0.25) is 0 Å². The number of likely N-dealkylation sites (N-methyl/N-ethyl adjacent to an activating group) is 1. The van der Waals surface area contributed by atoms with E-state index < -0.39 is 23.7 Å². The van der Waals surface area contributed by atoms with Crippen molar-refractivity contribution >= 4 is 45.3 Å². The number of nitrogens with two attached hydrogens (primary N) is 1. The molecule has 176 valence electrons. The van der Waals surface area contributed by atoms with Gasteiger partial charge in [-0.15, -0.1) is 0 Å². The summed E-state index contributed by atoms with van der Waals surface area (Å²) in [5.74, 6) is -0.225. The van der Waals surface area contributed by atoms with Gasteiger partial charge in [0.25, 0.3) is 5.91 Å². The number of hydrogen-bond acceptors (Lipinski definition) is 6. The fourth-order valence-corrected chi connectivity index (χ4v) is 4.48. The SMILES string of the molecule is CN(C(=O)c1cc2c(nc1Cl)nc(N)c1cnn(C)c12)[C@@H]1COCc2cc(C(F)(F)F)ccc21. The molecular weight excluding hydrogens is 473 g/mol. The van der Waals surface area contributed by atoms with Crippen molar-refractivity contribution in [3.05, 3.63) is 57.9 Å². The Kier molecular flexibility index (Phi) is 5.14. The van der Waals surface area contributed by atoms with Crippen LogP contribution in [-0.4, -0.2) is 44.2 Å². The number of halogens is 4. The Balaban J connectivity index is 1.56. The molecule has 34 heavy (non-hydrogen) atoms. The van der Waals surface area contributed by atoms with Crippen LogP contribution >= 0.6 is 11.6 Å². The highest BCUT2D eigenvalue weighted by molar-refractivity contribution is 6.33. The number of pyridine rings is 2. The molecule has 1 aromatic carbocycles. The number of fused-ring (bicyclic) bond motifs is 4. The van der Waals surface area contributed by atoms with Crippen molar-refractivity contribution in [2.45, 2.75) is 18.8 Å². The Hall–Kier alpha value is -3.44. The van der Waals surface area contributed by atoms with Crippen LogP contribution in [0.15, 0.2) is 30.5 Å². The number of hydrogen-bond donors (Lipinski definition) is 1. The summed E-state index contributed by atoms with van der Waals surface area (Å²) in [4.78, 5) is 23.4. The number of aryl methyl sites for hydroxylation is 1. The number of benzene rings is 1. The zero-order chi connectivity index (χ0) is 24.4. The summed E-state index contributed by atoms with van der Waals surface area (Å²) in [7, 11) is 3.28. The maximum atomic E-state index is 13.5. The van der Waals surface area contributed by atoms with E-state index in [1.54, 1.807) is 31.0 Å². The Morgan fingerprint density at radius 2 is 2.03 bits per heavy atom. The molecule has 0 radical (unpaired) electrons. The predicted octanol–water partition coefficient (Wildman–Crippen LogP) is 4.11. The Labute approximate surface area is 196 Å². The zero-order valence-electron chi connectivity index (χ0n) is 18.0. The molecule has 0 saturated heterocycles. The van der Waals surface area contributed by atoms with Gasteiger partial charge in [0.05, 0.1) is 47.5 Å². The molecule has 8 nitrogen and oxygen atoms in total. The van der Waals surface area contributed by atoms with E-state index in [9.17, 15) is 18.0 Å². The van der Waals surface area contributed by atoms with Crippen molar-refractivity contribution < 1.29 is 22.7 Å². The molecule has 4 heterocycles. The van der Waals surface area contributed by atoms with Crippen molar-refractivity contribution in [2.75, 3.05) is 19.4 Å². The van der Waals surface area contributed by atoms with Crippen LogP contribution in [-0.2, 0) is 24.6 Å². The van der Waals surface area contributed by atoms with E-state index in [1.165, 1.54) is 11.0 Å². The number of carbonyl (C=O) groups excluding carboxylic acids is 1. The van der Waals surface area contributed by atoms with Crippen molar-refractivity contribution in [3.63, 3.8) is 0 Å². The first-order valence-electron chi connectivity index (χ1n) is 10.2. The average Bonchev–Trinajstić information content (AvgIpc) is 3.19. The van der Waals surface area contributed by atoms with Gasteiger partial charge in [0, 0.05) is 19.5 Å². The van der Waals surface area contributed by atoms with Crippen LogP contribution in [0.25, 0.3) is 21.9 Å². The van der Waals surface area contributed by atoms with E-state index in [0.717, 1.165) is 12.1 Å². The number of alkyl halides is 3. The summed E-state index contributed by atoms with van der Waals surface area (Å²) < 4.78 is 46.5. The zero-order valence-corrected chi connectivity index (χ0v) is 18.8. The fraction of sp³-hybridized carbons (Fsp3) is 0.273. The second-order valence-electron chi connectivity index (χ2n) is 8.08. The standard InChI is InChI=1S/C22H18ClF3N6O2/c1-31(16-9-34-8-10-5-11(22(24,25)26)3-4-12(10)16)21(33)14-6-13-17-15(7-28-32(17)2)19(27)30-20(13)29-18(14)23/h3-7,16H,8-9H2,1-2H3,(H2,27,29,30)/t16-/m1/s1. The third-order valence-electron chi connectivity index (χ3n) is 6.03. The summed E-state index contributed by atoms with van der Waals surface area (Å²) in [6, 6.07) is 4.43. The maximum Gasteiger partial charge on any atom is 0.416 e. The van der Waals surface area contributed by atoms with Gasteiger partial charge in [0.15, 0.2) is 5.65 Å². The van der Waals surface area contributed by atoms with Crippen LogP contribution in [0.3, 0.4) is 0 Å².